The maximum absolute atomic E-state index is 13.1. The quantitative estimate of drug-likeness (QED) is 0.855. The largest absolute Gasteiger partial charge is 0.335 e. The Morgan fingerprint density at radius 1 is 1.24 bits per heavy atom. The van der Waals surface area contributed by atoms with Gasteiger partial charge in [-0.2, -0.15) is 5.10 Å². The van der Waals surface area contributed by atoms with Gasteiger partial charge >= 0.3 is 0 Å². The molecular weight excluding hydrogens is 317 g/mol. The van der Waals surface area contributed by atoms with Gasteiger partial charge in [-0.05, 0) is 56.7 Å². The van der Waals surface area contributed by atoms with Gasteiger partial charge in [-0.25, -0.2) is 4.39 Å². The van der Waals surface area contributed by atoms with Crippen LogP contribution in [0.15, 0.2) is 24.3 Å². The predicted molar refractivity (Wildman–Crippen MR) is 93.6 cm³/mol. The van der Waals surface area contributed by atoms with Gasteiger partial charge in [-0.1, -0.05) is 12.1 Å². The van der Waals surface area contributed by atoms with Gasteiger partial charge in [0.25, 0.3) is 0 Å². The Labute approximate surface area is 147 Å². The number of nitrogens with zero attached hydrogens (tertiary/aromatic N) is 3. The molecule has 2 aliphatic rings. The van der Waals surface area contributed by atoms with E-state index in [4.69, 9.17) is 0 Å². The SMILES string of the molecule is Cc1nn(C)c(C)c1[C@@H]1CCCN1C(=O)[C@@H]1C[C@H]1c1ccc(F)cc1. The van der Waals surface area contributed by atoms with Gasteiger partial charge in [0.05, 0.1) is 11.7 Å². The zero-order valence-corrected chi connectivity index (χ0v) is 15.0. The Bertz CT molecular complexity index is 811. The van der Waals surface area contributed by atoms with Crippen LogP contribution in [0.3, 0.4) is 0 Å². The summed E-state index contributed by atoms with van der Waals surface area (Å²) in [7, 11) is 1.96. The molecule has 1 saturated carbocycles. The van der Waals surface area contributed by atoms with E-state index in [2.05, 4.69) is 16.9 Å². The number of aromatic nitrogens is 2. The molecule has 2 heterocycles. The number of benzene rings is 1. The Balaban J connectivity index is 1.53. The molecule has 1 saturated heterocycles. The standard InChI is InChI=1S/C20H24FN3O/c1-12-19(13(2)23(3)22-12)18-5-4-10-24(18)20(25)17-11-16(17)14-6-8-15(21)9-7-14/h6-9,16-18H,4-5,10-11H2,1-3H3/t16-,17+,18-/m0/s1. The van der Waals surface area contributed by atoms with E-state index in [1.807, 2.05) is 30.8 Å². The molecule has 3 atom stereocenters. The van der Waals surface area contributed by atoms with Gasteiger partial charge in [0, 0.05) is 30.8 Å². The van der Waals surface area contributed by atoms with E-state index in [0.29, 0.717) is 0 Å². The minimum atomic E-state index is -0.227. The van der Waals surface area contributed by atoms with Gasteiger partial charge < -0.3 is 4.90 Å². The Morgan fingerprint density at radius 2 is 1.96 bits per heavy atom. The highest BCUT2D eigenvalue weighted by atomic mass is 19.1. The van der Waals surface area contributed by atoms with Crippen molar-refractivity contribution in [2.45, 2.75) is 45.1 Å². The molecule has 1 aliphatic carbocycles. The number of likely N-dealkylation sites (tertiary alicyclic amines) is 1. The molecule has 4 nitrogen and oxygen atoms in total. The Morgan fingerprint density at radius 3 is 2.60 bits per heavy atom. The maximum Gasteiger partial charge on any atom is 0.226 e. The minimum Gasteiger partial charge on any atom is -0.335 e. The van der Waals surface area contributed by atoms with E-state index in [1.54, 1.807) is 0 Å². The van der Waals surface area contributed by atoms with Gasteiger partial charge in [-0.3, -0.25) is 9.48 Å². The molecule has 0 N–H and O–H groups in total. The number of halogens is 1. The van der Waals surface area contributed by atoms with E-state index in [1.165, 1.54) is 17.7 Å². The van der Waals surface area contributed by atoms with E-state index in [0.717, 1.165) is 42.8 Å². The minimum absolute atomic E-state index is 0.0448. The molecule has 1 aliphatic heterocycles. The van der Waals surface area contributed by atoms with E-state index in [-0.39, 0.29) is 29.6 Å². The van der Waals surface area contributed by atoms with Crippen LogP contribution in [0, 0.1) is 25.6 Å². The number of carbonyl (C=O) groups excluding carboxylic acids is 1. The number of hydrogen-bond donors (Lipinski definition) is 0. The van der Waals surface area contributed by atoms with Crippen LogP contribution in [0.25, 0.3) is 0 Å². The lowest BCUT2D eigenvalue weighted by Gasteiger charge is -2.25. The molecule has 1 aromatic heterocycles. The first-order chi connectivity index (χ1) is 12.0. The average molecular weight is 341 g/mol. The predicted octanol–water partition coefficient (Wildman–Crippen LogP) is 3.64. The summed E-state index contributed by atoms with van der Waals surface area (Å²) in [6, 6.07) is 6.73. The highest BCUT2D eigenvalue weighted by Gasteiger charge is 2.48. The van der Waals surface area contributed by atoms with E-state index in [9.17, 15) is 9.18 Å². The Kier molecular flexibility index (Phi) is 3.89. The summed E-state index contributed by atoms with van der Waals surface area (Å²) in [5, 5.41) is 4.52. The van der Waals surface area contributed by atoms with Crippen LogP contribution >= 0.6 is 0 Å². The third-order valence-electron chi connectivity index (χ3n) is 5.84. The second kappa shape index (κ2) is 5.97. The van der Waals surface area contributed by atoms with E-state index >= 15 is 0 Å². The van der Waals surface area contributed by atoms with E-state index < -0.39 is 0 Å². The Hall–Kier alpha value is -2.17. The molecule has 2 aromatic rings. The van der Waals surface area contributed by atoms with Crippen LogP contribution in [0.1, 0.15) is 53.7 Å². The zero-order chi connectivity index (χ0) is 17.7. The normalized spacial score (nSPS) is 25.4. The first-order valence-electron chi connectivity index (χ1n) is 9.03. The second-order valence-electron chi connectivity index (χ2n) is 7.40. The second-order valence-corrected chi connectivity index (χ2v) is 7.40. The monoisotopic (exact) mass is 341 g/mol. The van der Waals surface area contributed by atoms with Gasteiger partial charge in [0.1, 0.15) is 5.82 Å². The first-order valence-corrected chi connectivity index (χ1v) is 9.03. The number of hydrogen-bond acceptors (Lipinski definition) is 2. The molecule has 132 valence electrons. The fourth-order valence-corrected chi connectivity index (χ4v) is 4.36. The molecule has 0 radical (unpaired) electrons. The number of amides is 1. The topological polar surface area (TPSA) is 38.1 Å². The van der Waals surface area contributed by atoms with Crippen molar-refractivity contribution in [2.24, 2.45) is 13.0 Å². The fourth-order valence-electron chi connectivity index (χ4n) is 4.36. The van der Waals surface area contributed by atoms with Gasteiger partial charge in [-0.15, -0.1) is 0 Å². The smallest absolute Gasteiger partial charge is 0.226 e. The highest BCUT2D eigenvalue weighted by Crippen LogP contribution is 2.50. The van der Waals surface area contributed by atoms with Crippen molar-refractivity contribution < 1.29 is 9.18 Å². The lowest BCUT2D eigenvalue weighted by molar-refractivity contribution is -0.133. The van der Waals surface area contributed by atoms with Crippen molar-refractivity contribution in [1.29, 1.82) is 0 Å². The lowest BCUT2D eigenvalue weighted by atomic mass is 10.0. The zero-order valence-electron chi connectivity index (χ0n) is 15.0. The van der Waals surface area contributed by atoms with Crippen LogP contribution < -0.4 is 0 Å². The molecule has 0 spiro atoms. The molecule has 0 unspecified atom stereocenters. The van der Waals surface area contributed by atoms with Gasteiger partial charge in [0.15, 0.2) is 0 Å². The summed E-state index contributed by atoms with van der Waals surface area (Å²) in [4.78, 5) is 15.2. The number of rotatable bonds is 3. The number of aryl methyl sites for hydroxylation is 2. The summed E-state index contributed by atoms with van der Waals surface area (Å²) in [5.74, 6) is 0.308. The van der Waals surface area contributed by atoms with Crippen molar-refractivity contribution >= 4 is 5.91 Å². The third-order valence-corrected chi connectivity index (χ3v) is 5.84. The van der Waals surface area contributed by atoms with Crippen molar-refractivity contribution in [3.63, 3.8) is 0 Å². The molecule has 1 aromatic carbocycles. The molecular formula is C20H24FN3O. The molecule has 4 rings (SSSR count). The first kappa shape index (κ1) is 16.3. The van der Waals surface area contributed by atoms with Crippen molar-refractivity contribution in [3.05, 3.63) is 52.6 Å². The van der Waals surface area contributed by atoms with Crippen LogP contribution in [-0.2, 0) is 11.8 Å². The summed E-state index contributed by atoms with van der Waals surface area (Å²) < 4.78 is 15.0. The summed E-state index contributed by atoms with van der Waals surface area (Å²) in [6.07, 6.45) is 2.92. The summed E-state index contributed by atoms with van der Waals surface area (Å²) in [6.45, 7) is 4.93. The average Bonchev–Trinajstić information content (AvgIpc) is 3.17. The van der Waals surface area contributed by atoms with Crippen LogP contribution in [0.5, 0.6) is 0 Å². The molecule has 1 amide bonds. The van der Waals surface area contributed by atoms with Crippen molar-refractivity contribution in [1.82, 2.24) is 14.7 Å². The molecule has 25 heavy (non-hydrogen) atoms. The van der Waals surface area contributed by atoms with Crippen LogP contribution in [-0.4, -0.2) is 27.1 Å². The molecule has 5 heteroatoms. The lowest BCUT2D eigenvalue weighted by Crippen LogP contribution is -2.32. The summed E-state index contributed by atoms with van der Waals surface area (Å²) >= 11 is 0. The van der Waals surface area contributed by atoms with Gasteiger partial charge in [0.2, 0.25) is 5.91 Å². The maximum atomic E-state index is 13.1. The van der Waals surface area contributed by atoms with Crippen LogP contribution in [0.4, 0.5) is 4.39 Å². The molecule has 0 bridgehead atoms. The van der Waals surface area contributed by atoms with Crippen molar-refractivity contribution in [2.75, 3.05) is 6.54 Å². The van der Waals surface area contributed by atoms with Crippen LogP contribution in [0.2, 0.25) is 0 Å². The third kappa shape index (κ3) is 2.75. The van der Waals surface area contributed by atoms with Crippen molar-refractivity contribution in [3.8, 4) is 0 Å². The summed E-state index contributed by atoms with van der Waals surface area (Å²) in [5.41, 5.74) is 4.46. The highest BCUT2D eigenvalue weighted by molar-refractivity contribution is 5.83. The number of carbonyl (C=O) groups is 1. The molecule has 2 fully saturated rings. The fraction of sp³-hybridized carbons (Fsp3) is 0.500.